The third kappa shape index (κ3) is 3.74. The molecule has 1 unspecified atom stereocenters. The zero-order chi connectivity index (χ0) is 10.6. The second kappa shape index (κ2) is 4.87. The van der Waals surface area contributed by atoms with Crippen molar-refractivity contribution in [2.75, 3.05) is 6.54 Å². The molecule has 0 aromatic carbocycles. The van der Waals surface area contributed by atoms with Crippen LogP contribution >= 0.6 is 11.3 Å². The van der Waals surface area contributed by atoms with Crippen LogP contribution in [0.5, 0.6) is 0 Å². The summed E-state index contributed by atoms with van der Waals surface area (Å²) in [6, 6.07) is 0. The van der Waals surface area contributed by atoms with Gasteiger partial charge in [0.25, 0.3) is 0 Å². The van der Waals surface area contributed by atoms with Crippen molar-refractivity contribution >= 4 is 11.3 Å². The van der Waals surface area contributed by atoms with E-state index < -0.39 is 5.60 Å². The van der Waals surface area contributed by atoms with Gasteiger partial charge in [-0.3, -0.25) is 0 Å². The van der Waals surface area contributed by atoms with Crippen molar-refractivity contribution in [3.05, 3.63) is 16.1 Å². The van der Waals surface area contributed by atoms with Crippen molar-refractivity contribution in [1.29, 1.82) is 0 Å². The average molecular weight is 214 g/mol. The van der Waals surface area contributed by atoms with Gasteiger partial charge in [-0.1, -0.05) is 6.92 Å². The van der Waals surface area contributed by atoms with Gasteiger partial charge < -0.3 is 10.4 Å². The van der Waals surface area contributed by atoms with Crippen molar-refractivity contribution in [2.24, 2.45) is 0 Å². The number of aromatic nitrogens is 1. The smallest absolute Gasteiger partial charge is 0.0897 e. The highest BCUT2D eigenvalue weighted by Gasteiger charge is 2.16. The fourth-order valence-electron chi connectivity index (χ4n) is 1.07. The van der Waals surface area contributed by atoms with Gasteiger partial charge in [-0.15, -0.1) is 11.3 Å². The number of thiazole rings is 1. The Kier molecular flexibility index (Phi) is 4.04. The Morgan fingerprint density at radius 3 is 2.86 bits per heavy atom. The van der Waals surface area contributed by atoms with Gasteiger partial charge >= 0.3 is 0 Å². The Morgan fingerprint density at radius 1 is 1.64 bits per heavy atom. The highest BCUT2D eigenvalue weighted by atomic mass is 32.1. The molecule has 1 rings (SSSR count). The molecule has 0 aliphatic heterocycles. The maximum Gasteiger partial charge on any atom is 0.0897 e. The van der Waals surface area contributed by atoms with Crippen molar-refractivity contribution in [3.63, 3.8) is 0 Å². The monoisotopic (exact) mass is 214 g/mol. The summed E-state index contributed by atoms with van der Waals surface area (Å²) in [5.41, 5.74) is -0.597. The van der Waals surface area contributed by atoms with Gasteiger partial charge in [0.15, 0.2) is 0 Å². The SMILES string of the molecule is CCC(C)(O)CNCc1cnc(C)s1. The maximum absolute atomic E-state index is 9.73. The lowest BCUT2D eigenvalue weighted by Gasteiger charge is -2.21. The Morgan fingerprint density at radius 2 is 2.36 bits per heavy atom. The molecule has 2 N–H and O–H groups in total. The average Bonchev–Trinajstić information content (AvgIpc) is 2.51. The normalized spacial score (nSPS) is 15.4. The van der Waals surface area contributed by atoms with E-state index in [-0.39, 0.29) is 0 Å². The predicted octanol–water partition coefficient (Wildman–Crippen LogP) is 1.70. The molecule has 0 aliphatic rings. The zero-order valence-corrected chi connectivity index (χ0v) is 9.82. The number of aliphatic hydroxyl groups is 1. The molecule has 1 aromatic rings. The quantitative estimate of drug-likeness (QED) is 0.784. The van der Waals surface area contributed by atoms with Gasteiger partial charge in [0, 0.05) is 24.2 Å². The van der Waals surface area contributed by atoms with Gasteiger partial charge in [0.05, 0.1) is 10.6 Å². The molecule has 1 heterocycles. The molecule has 0 aliphatic carbocycles. The van der Waals surface area contributed by atoms with Crippen molar-refractivity contribution in [2.45, 2.75) is 39.3 Å². The van der Waals surface area contributed by atoms with Gasteiger partial charge in [0.1, 0.15) is 0 Å². The summed E-state index contributed by atoms with van der Waals surface area (Å²) < 4.78 is 0. The fourth-order valence-corrected chi connectivity index (χ4v) is 1.83. The lowest BCUT2D eigenvalue weighted by atomic mass is 10.0. The lowest BCUT2D eigenvalue weighted by Crippen LogP contribution is -2.36. The molecule has 3 nitrogen and oxygen atoms in total. The second-order valence-electron chi connectivity index (χ2n) is 3.80. The van der Waals surface area contributed by atoms with E-state index in [4.69, 9.17) is 0 Å². The molecular weight excluding hydrogens is 196 g/mol. The standard InChI is InChI=1S/C10H18N2OS/c1-4-10(3,13)7-11-5-9-6-12-8(2)14-9/h6,11,13H,4-5,7H2,1-3H3. The van der Waals surface area contributed by atoms with Crippen molar-refractivity contribution in [3.8, 4) is 0 Å². The Balaban J connectivity index is 2.28. The molecule has 14 heavy (non-hydrogen) atoms. The topological polar surface area (TPSA) is 45.1 Å². The molecule has 0 radical (unpaired) electrons. The number of hydrogen-bond acceptors (Lipinski definition) is 4. The number of hydrogen-bond donors (Lipinski definition) is 2. The van der Waals surface area contributed by atoms with E-state index in [2.05, 4.69) is 10.3 Å². The highest BCUT2D eigenvalue weighted by Crippen LogP contribution is 2.12. The largest absolute Gasteiger partial charge is 0.389 e. The van der Waals surface area contributed by atoms with Crippen LogP contribution in [0.2, 0.25) is 0 Å². The first-order chi connectivity index (χ1) is 6.53. The summed E-state index contributed by atoms with van der Waals surface area (Å²) in [5, 5.41) is 14.0. The molecular formula is C10H18N2OS. The lowest BCUT2D eigenvalue weighted by molar-refractivity contribution is 0.0556. The molecule has 1 aromatic heterocycles. The Hall–Kier alpha value is -0.450. The molecule has 0 fully saturated rings. The van der Waals surface area contributed by atoms with Crippen LogP contribution in [-0.4, -0.2) is 22.2 Å². The van der Waals surface area contributed by atoms with Crippen LogP contribution in [0, 0.1) is 6.92 Å². The van der Waals surface area contributed by atoms with E-state index in [0.29, 0.717) is 6.54 Å². The van der Waals surface area contributed by atoms with Crippen LogP contribution < -0.4 is 5.32 Å². The fraction of sp³-hybridized carbons (Fsp3) is 0.700. The van der Waals surface area contributed by atoms with E-state index >= 15 is 0 Å². The third-order valence-electron chi connectivity index (χ3n) is 2.24. The van der Waals surface area contributed by atoms with Crippen LogP contribution in [0.25, 0.3) is 0 Å². The first-order valence-electron chi connectivity index (χ1n) is 4.88. The van der Waals surface area contributed by atoms with Gasteiger partial charge in [-0.25, -0.2) is 4.98 Å². The minimum atomic E-state index is -0.597. The summed E-state index contributed by atoms with van der Waals surface area (Å²) in [6.07, 6.45) is 2.65. The van der Waals surface area contributed by atoms with E-state index in [9.17, 15) is 5.11 Å². The number of nitrogens with zero attached hydrogens (tertiary/aromatic N) is 1. The van der Waals surface area contributed by atoms with Crippen LogP contribution in [0.1, 0.15) is 30.2 Å². The van der Waals surface area contributed by atoms with E-state index in [1.54, 1.807) is 11.3 Å². The van der Waals surface area contributed by atoms with Gasteiger partial charge in [-0.05, 0) is 20.3 Å². The molecule has 0 amide bonds. The molecule has 1 atom stereocenters. The minimum absolute atomic E-state index is 0.597. The summed E-state index contributed by atoms with van der Waals surface area (Å²) in [6.45, 7) is 7.24. The second-order valence-corrected chi connectivity index (χ2v) is 5.12. The van der Waals surface area contributed by atoms with Crippen LogP contribution in [0.4, 0.5) is 0 Å². The minimum Gasteiger partial charge on any atom is -0.389 e. The molecule has 0 bridgehead atoms. The van der Waals surface area contributed by atoms with Crippen LogP contribution in [0.3, 0.4) is 0 Å². The highest BCUT2D eigenvalue weighted by molar-refractivity contribution is 7.11. The van der Waals surface area contributed by atoms with E-state index in [1.807, 2.05) is 27.0 Å². The van der Waals surface area contributed by atoms with Crippen molar-refractivity contribution < 1.29 is 5.11 Å². The number of nitrogens with one attached hydrogen (secondary N) is 1. The number of aryl methyl sites for hydroxylation is 1. The predicted molar refractivity (Wildman–Crippen MR) is 59.5 cm³/mol. The molecule has 4 heteroatoms. The van der Waals surface area contributed by atoms with Crippen LogP contribution in [0.15, 0.2) is 6.20 Å². The maximum atomic E-state index is 9.73. The molecule has 0 saturated heterocycles. The van der Waals surface area contributed by atoms with E-state index in [1.165, 1.54) is 4.88 Å². The van der Waals surface area contributed by atoms with Crippen molar-refractivity contribution in [1.82, 2.24) is 10.3 Å². The number of rotatable bonds is 5. The van der Waals surface area contributed by atoms with Crippen LogP contribution in [-0.2, 0) is 6.54 Å². The Labute approximate surface area is 89.2 Å². The Bertz CT molecular complexity index is 283. The summed E-state index contributed by atoms with van der Waals surface area (Å²) in [7, 11) is 0. The molecule has 0 saturated carbocycles. The molecule has 0 spiro atoms. The first-order valence-corrected chi connectivity index (χ1v) is 5.69. The summed E-state index contributed by atoms with van der Waals surface area (Å²) in [5.74, 6) is 0. The summed E-state index contributed by atoms with van der Waals surface area (Å²) >= 11 is 1.69. The third-order valence-corrected chi connectivity index (χ3v) is 3.15. The molecule has 80 valence electrons. The summed E-state index contributed by atoms with van der Waals surface area (Å²) in [4.78, 5) is 5.38. The van der Waals surface area contributed by atoms with Gasteiger partial charge in [-0.2, -0.15) is 0 Å². The van der Waals surface area contributed by atoms with E-state index in [0.717, 1.165) is 18.0 Å². The zero-order valence-electron chi connectivity index (χ0n) is 9.00. The van der Waals surface area contributed by atoms with Gasteiger partial charge in [0.2, 0.25) is 0 Å². The first kappa shape index (κ1) is 11.6.